The van der Waals surface area contributed by atoms with Gasteiger partial charge in [-0.25, -0.2) is 0 Å². The van der Waals surface area contributed by atoms with Crippen molar-refractivity contribution in [2.75, 3.05) is 6.54 Å². The van der Waals surface area contributed by atoms with Gasteiger partial charge in [-0.1, -0.05) is 62.4 Å². The van der Waals surface area contributed by atoms with Gasteiger partial charge in [-0.05, 0) is 71.9 Å². The first-order chi connectivity index (χ1) is 19.0. The molecule has 0 fully saturated rings. The highest BCUT2D eigenvalue weighted by atomic mass is 19.3. The number of carbonyl (C=O) groups excluding carboxylic acids is 1. The minimum atomic E-state index is -3.03. The maximum atomic E-state index is 14.2. The van der Waals surface area contributed by atoms with Crippen LogP contribution in [0.1, 0.15) is 66.8 Å². The number of amides is 1. The topological polar surface area (TPSA) is 102 Å². The second kappa shape index (κ2) is 13.8. The Morgan fingerprint density at radius 2 is 1.73 bits per heavy atom. The van der Waals surface area contributed by atoms with Crippen LogP contribution in [0, 0.1) is 5.92 Å². The zero-order valence-electron chi connectivity index (χ0n) is 23.0. The first-order valence-electron chi connectivity index (χ1n) is 13.3. The Kier molecular flexibility index (Phi) is 10.6. The molecule has 0 aliphatic heterocycles. The number of allylic oxidation sites excluding steroid dienone is 2. The normalized spacial score (nSPS) is 12.5. The number of halogens is 2. The Labute approximate surface area is 233 Å². The van der Waals surface area contributed by atoms with Crippen molar-refractivity contribution in [3.8, 4) is 16.9 Å². The number of hydrogen-bond donors (Lipinski definition) is 3. The quantitative estimate of drug-likeness (QED) is 0.202. The van der Waals surface area contributed by atoms with Gasteiger partial charge in [0.25, 0.3) is 11.8 Å². The maximum absolute atomic E-state index is 14.2. The summed E-state index contributed by atoms with van der Waals surface area (Å²) in [5.74, 6) is -3.39. The second-order valence-corrected chi connectivity index (χ2v) is 9.98. The summed E-state index contributed by atoms with van der Waals surface area (Å²) in [5, 5.41) is 11.3. The second-order valence-electron chi connectivity index (χ2n) is 9.98. The number of carboxylic acids is 1. The lowest BCUT2D eigenvalue weighted by molar-refractivity contribution is -0.136. The molecule has 0 spiro atoms. The molecule has 0 aliphatic carbocycles. The fraction of sp³-hybridized carbons (Fsp3) is 0.312. The molecule has 3 aromatic carbocycles. The molecule has 4 N–H and O–H groups in total. The van der Waals surface area contributed by atoms with E-state index >= 15 is 0 Å². The van der Waals surface area contributed by atoms with Crippen molar-refractivity contribution in [2.45, 2.75) is 52.2 Å². The lowest BCUT2D eigenvalue weighted by Crippen LogP contribution is -2.26. The SMILES string of the molecule is C/C=C/C(F)(F)c1ccc(-c2ccc(OC(CC(C)C)c3ccc(C(=O)NCCC(=O)O)cc3)cc2CN)cc1. The molecular weight excluding hydrogens is 514 g/mol. The third-order valence-corrected chi connectivity index (χ3v) is 6.39. The third kappa shape index (κ3) is 8.23. The van der Waals surface area contributed by atoms with Crippen molar-refractivity contribution in [3.63, 3.8) is 0 Å². The number of aliphatic carboxylic acids is 1. The average molecular weight is 551 g/mol. The van der Waals surface area contributed by atoms with Crippen LogP contribution >= 0.6 is 0 Å². The summed E-state index contributed by atoms with van der Waals surface area (Å²) < 4.78 is 34.8. The van der Waals surface area contributed by atoms with Crippen molar-refractivity contribution in [2.24, 2.45) is 11.7 Å². The van der Waals surface area contributed by atoms with Gasteiger partial charge in [-0.2, -0.15) is 8.78 Å². The van der Waals surface area contributed by atoms with Gasteiger partial charge >= 0.3 is 5.97 Å². The van der Waals surface area contributed by atoms with Crippen LogP contribution in [-0.2, 0) is 17.3 Å². The number of alkyl halides is 2. The third-order valence-electron chi connectivity index (χ3n) is 6.39. The average Bonchev–Trinajstić information content (AvgIpc) is 2.92. The molecule has 3 aromatic rings. The molecule has 0 saturated heterocycles. The molecule has 8 heteroatoms. The number of nitrogens with two attached hydrogens (primary N) is 1. The van der Waals surface area contributed by atoms with Crippen LogP contribution in [0.4, 0.5) is 8.78 Å². The number of carboxylic acid groups (broad SMARTS) is 1. The Hall–Kier alpha value is -4.04. The van der Waals surface area contributed by atoms with Crippen molar-refractivity contribution < 1.29 is 28.2 Å². The van der Waals surface area contributed by atoms with Gasteiger partial charge in [0.15, 0.2) is 0 Å². The van der Waals surface area contributed by atoms with Crippen LogP contribution in [0.15, 0.2) is 78.9 Å². The van der Waals surface area contributed by atoms with Crippen LogP contribution in [0.2, 0.25) is 0 Å². The van der Waals surface area contributed by atoms with E-state index in [1.807, 2.05) is 30.3 Å². The predicted molar refractivity (Wildman–Crippen MR) is 152 cm³/mol. The summed E-state index contributed by atoms with van der Waals surface area (Å²) >= 11 is 0. The maximum Gasteiger partial charge on any atom is 0.305 e. The summed E-state index contributed by atoms with van der Waals surface area (Å²) in [6.07, 6.45) is 2.51. The van der Waals surface area contributed by atoms with E-state index in [2.05, 4.69) is 19.2 Å². The molecule has 0 aliphatic rings. The zero-order chi connectivity index (χ0) is 29.3. The van der Waals surface area contributed by atoms with Crippen LogP contribution in [-0.4, -0.2) is 23.5 Å². The predicted octanol–water partition coefficient (Wildman–Crippen LogP) is 6.85. The first kappa shape index (κ1) is 30.5. The molecular formula is C32H36F2N2O4. The number of nitrogens with one attached hydrogen (secondary N) is 1. The largest absolute Gasteiger partial charge is 0.486 e. The van der Waals surface area contributed by atoms with Gasteiger partial charge in [0.1, 0.15) is 11.9 Å². The van der Waals surface area contributed by atoms with Gasteiger partial charge < -0.3 is 20.9 Å². The summed E-state index contributed by atoms with van der Waals surface area (Å²) in [7, 11) is 0. The van der Waals surface area contributed by atoms with Gasteiger partial charge in [-0.15, -0.1) is 0 Å². The highest BCUT2D eigenvalue weighted by Crippen LogP contribution is 2.34. The number of benzene rings is 3. The van der Waals surface area contributed by atoms with E-state index in [1.54, 1.807) is 31.2 Å². The first-order valence-corrected chi connectivity index (χ1v) is 13.3. The molecule has 1 atom stereocenters. The Bertz CT molecular complexity index is 1320. The van der Waals surface area contributed by atoms with Crippen molar-refractivity contribution in [1.82, 2.24) is 5.32 Å². The summed E-state index contributed by atoms with van der Waals surface area (Å²) in [6.45, 7) is 6.05. The van der Waals surface area contributed by atoms with E-state index in [-0.39, 0.29) is 37.1 Å². The summed E-state index contributed by atoms with van der Waals surface area (Å²) in [4.78, 5) is 23.0. The molecule has 0 radical (unpaired) electrons. The molecule has 0 heterocycles. The Morgan fingerprint density at radius 1 is 1.05 bits per heavy atom. The van der Waals surface area contributed by atoms with Crippen LogP contribution in [0.25, 0.3) is 11.1 Å². The minimum absolute atomic E-state index is 0.0568. The summed E-state index contributed by atoms with van der Waals surface area (Å²) in [6, 6.07) is 18.8. The highest BCUT2D eigenvalue weighted by Gasteiger charge is 2.27. The monoisotopic (exact) mass is 550 g/mol. The van der Waals surface area contributed by atoms with E-state index in [4.69, 9.17) is 15.6 Å². The van der Waals surface area contributed by atoms with Crippen molar-refractivity contribution in [1.29, 1.82) is 0 Å². The highest BCUT2D eigenvalue weighted by molar-refractivity contribution is 5.94. The molecule has 1 amide bonds. The van der Waals surface area contributed by atoms with Gasteiger partial charge in [0.2, 0.25) is 0 Å². The lowest BCUT2D eigenvalue weighted by Gasteiger charge is -2.23. The molecule has 212 valence electrons. The fourth-order valence-electron chi connectivity index (χ4n) is 4.35. The molecule has 0 bridgehead atoms. The zero-order valence-corrected chi connectivity index (χ0v) is 23.0. The Balaban J connectivity index is 1.80. The standard InChI is InChI=1S/C32H36F2N2O4/c1-4-16-32(33,34)26-11-9-22(10-12-26)28-14-13-27(19-25(28)20-35)40-29(18-21(2)3)23-5-7-24(8-6-23)31(39)36-17-15-30(37)38/h4-14,16,19,21,29H,15,17-18,20,35H2,1-3H3,(H,36,39)(H,37,38)/b16-4+. The molecule has 6 nitrogen and oxygen atoms in total. The van der Waals surface area contributed by atoms with Crippen LogP contribution in [0.3, 0.4) is 0 Å². The number of ether oxygens (including phenoxy) is 1. The molecule has 3 rings (SSSR count). The van der Waals surface area contributed by atoms with Crippen molar-refractivity contribution >= 4 is 11.9 Å². The summed E-state index contributed by atoms with van der Waals surface area (Å²) in [5.41, 5.74) is 9.75. The molecule has 40 heavy (non-hydrogen) atoms. The number of hydrogen-bond acceptors (Lipinski definition) is 4. The number of rotatable bonds is 13. The fourth-order valence-corrected chi connectivity index (χ4v) is 4.35. The van der Waals surface area contributed by atoms with Crippen LogP contribution < -0.4 is 15.8 Å². The number of carbonyl (C=O) groups is 2. The van der Waals surface area contributed by atoms with E-state index in [1.165, 1.54) is 18.2 Å². The van der Waals surface area contributed by atoms with E-state index < -0.39 is 11.9 Å². The van der Waals surface area contributed by atoms with Crippen LogP contribution in [0.5, 0.6) is 5.75 Å². The van der Waals surface area contributed by atoms with Gasteiger partial charge in [0.05, 0.1) is 6.42 Å². The Morgan fingerprint density at radius 3 is 2.30 bits per heavy atom. The minimum Gasteiger partial charge on any atom is -0.486 e. The molecule has 1 unspecified atom stereocenters. The smallest absolute Gasteiger partial charge is 0.305 e. The molecule has 0 aromatic heterocycles. The van der Waals surface area contributed by atoms with E-state index in [0.717, 1.165) is 34.8 Å². The van der Waals surface area contributed by atoms with E-state index in [0.29, 0.717) is 17.2 Å². The van der Waals surface area contributed by atoms with Crippen molar-refractivity contribution in [3.05, 3.63) is 101 Å². The van der Waals surface area contributed by atoms with E-state index in [9.17, 15) is 18.4 Å². The van der Waals surface area contributed by atoms with Gasteiger partial charge in [0, 0.05) is 24.2 Å². The lowest BCUT2D eigenvalue weighted by atomic mass is 9.96. The molecule has 0 saturated carbocycles. The van der Waals surface area contributed by atoms with Gasteiger partial charge in [-0.3, -0.25) is 9.59 Å².